The van der Waals surface area contributed by atoms with Crippen molar-refractivity contribution in [3.8, 4) is 5.75 Å². The number of rotatable bonds is 11. The first-order chi connectivity index (χ1) is 20.1. The first-order valence-corrected chi connectivity index (χ1v) is 15.2. The van der Waals surface area contributed by atoms with Gasteiger partial charge >= 0.3 is 5.97 Å². The molecule has 42 heavy (non-hydrogen) atoms. The molecule has 3 aliphatic rings. The number of carbonyl (C=O) groups is 1. The van der Waals surface area contributed by atoms with E-state index in [9.17, 15) is 9.90 Å². The van der Waals surface area contributed by atoms with E-state index >= 15 is 4.39 Å². The summed E-state index contributed by atoms with van der Waals surface area (Å²) in [4.78, 5) is 14.0. The van der Waals surface area contributed by atoms with E-state index in [4.69, 9.17) is 33.3 Å². The largest absolute Gasteiger partial charge is 0.493 e. The molecular formula is C33H34Cl2FN3O3. The van der Waals surface area contributed by atoms with Crippen LogP contribution < -0.4 is 10.1 Å². The number of halogens is 3. The Morgan fingerprint density at radius 2 is 1.74 bits per heavy atom. The van der Waals surface area contributed by atoms with Gasteiger partial charge in [0.25, 0.3) is 0 Å². The molecule has 6 rings (SSSR count). The summed E-state index contributed by atoms with van der Waals surface area (Å²) in [7, 11) is 0. The lowest BCUT2D eigenvalue weighted by molar-refractivity contribution is -0.139. The van der Waals surface area contributed by atoms with Gasteiger partial charge in [0.2, 0.25) is 0 Å². The highest BCUT2D eigenvalue weighted by molar-refractivity contribution is 6.34. The van der Waals surface area contributed by atoms with Crippen LogP contribution in [0.25, 0.3) is 0 Å². The van der Waals surface area contributed by atoms with Crippen molar-refractivity contribution < 1.29 is 19.0 Å². The molecule has 0 spiro atoms. The second-order valence-electron chi connectivity index (χ2n) is 12.3. The number of hydrogen-bond acceptors (Lipinski definition) is 4. The zero-order chi connectivity index (χ0) is 29.6. The SMILES string of the molecule is CC1(COc2cc(F)c(C(=N)N[C@H](C(=O)O)C3CC3)cc2C2CC2)CN([C@H](c2ccccc2)c2cc(Cl)cc(Cl)c2)C1. The third-order valence-corrected chi connectivity index (χ3v) is 8.91. The minimum absolute atomic E-state index is 0.0157. The van der Waals surface area contributed by atoms with E-state index in [0.29, 0.717) is 22.4 Å². The van der Waals surface area contributed by atoms with Gasteiger partial charge in [0, 0.05) is 34.6 Å². The van der Waals surface area contributed by atoms with E-state index in [2.05, 4.69) is 29.3 Å². The van der Waals surface area contributed by atoms with Crippen molar-refractivity contribution in [2.24, 2.45) is 11.3 Å². The van der Waals surface area contributed by atoms with Crippen molar-refractivity contribution in [3.63, 3.8) is 0 Å². The lowest BCUT2D eigenvalue weighted by atomic mass is 9.79. The topological polar surface area (TPSA) is 85.6 Å². The van der Waals surface area contributed by atoms with Gasteiger partial charge in [0.15, 0.2) is 0 Å². The summed E-state index contributed by atoms with van der Waals surface area (Å²) in [5, 5.41) is 21.9. The zero-order valence-corrected chi connectivity index (χ0v) is 24.9. The van der Waals surface area contributed by atoms with Gasteiger partial charge < -0.3 is 15.2 Å². The van der Waals surface area contributed by atoms with Gasteiger partial charge in [-0.3, -0.25) is 10.3 Å². The maximum atomic E-state index is 15.3. The number of ether oxygens (including phenoxy) is 1. The fraction of sp³-hybridized carbons (Fsp3) is 0.394. The van der Waals surface area contributed by atoms with Gasteiger partial charge in [0.05, 0.1) is 18.2 Å². The van der Waals surface area contributed by atoms with Crippen LogP contribution in [0.5, 0.6) is 5.75 Å². The van der Waals surface area contributed by atoms with Crippen molar-refractivity contribution in [2.45, 2.75) is 50.6 Å². The van der Waals surface area contributed by atoms with E-state index in [1.165, 1.54) is 6.07 Å². The molecule has 6 nitrogen and oxygen atoms in total. The normalized spacial score (nSPS) is 19.4. The maximum Gasteiger partial charge on any atom is 0.326 e. The van der Waals surface area contributed by atoms with Gasteiger partial charge in [0.1, 0.15) is 23.4 Å². The van der Waals surface area contributed by atoms with E-state index < -0.39 is 17.8 Å². The van der Waals surface area contributed by atoms with E-state index in [1.54, 1.807) is 12.1 Å². The van der Waals surface area contributed by atoms with Crippen LogP contribution in [-0.4, -0.2) is 47.5 Å². The quantitative estimate of drug-likeness (QED) is 0.157. The van der Waals surface area contributed by atoms with Crippen LogP contribution in [0, 0.1) is 22.6 Å². The Kier molecular flexibility index (Phi) is 7.94. The molecule has 220 valence electrons. The molecule has 9 heteroatoms. The van der Waals surface area contributed by atoms with Crippen LogP contribution in [0.2, 0.25) is 10.0 Å². The number of likely N-dealkylation sites (tertiary alicyclic amines) is 1. The Labute approximate surface area is 255 Å². The maximum absolute atomic E-state index is 15.3. The molecule has 2 aliphatic carbocycles. The average Bonchev–Trinajstić information content (AvgIpc) is 3.84. The van der Waals surface area contributed by atoms with Gasteiger partial charge in [-0.25, -0.2) is 9.18 Å². The summed E-state index contributed by atoms with van der Waals surface area (Å²) in [5.41, 5.74) is 2.99. The molecule has 0 radical (unpaired) electrons. The number of carboxylic acids is 1. The second kappa shape index (κ2) is 11.5. The van der Waals surface area contributed by atoms with Gasteiger partial charge in [-0.2, -0.15) is 0 Å². The highest BCUT2D eigenvalue weighted by atomic mass is 35.5. The molecule has 1 saturated heterocycles. The van der Waals surface area contributed by atoms with E-state index in [-0.39, 0.29) is 34.7 Å². The Morgan fingerprint density at radius 3 is 2.33 bits per heavy atom. The summed E-state index contributed by atoms with van der Waals surface area (Å²) in [5.74, 6) is -1.06. The molecule has 1 heterocycles. The summed E-state index contributed by atoms with van der Waals surface area (Å²) < 4.78 is 21.6. The number of carboxylic acid groups (broad SMARTS) is 1. The van der Waals surface area contributed by atoms with Crippen molar-refractivity contribution >= 4 is 35.0 Å². The minimum Gasteiger partial charge on any atom is -0.493 e. The van der Waals surface area contributed by atoms with Crippen LogP contribution >= 0.6 is 23.2 Å². The summed E-state index contributed by atoms with van der Waals surface area (Å²) in [6, 6.07) is 18.1. The standard InChI is InChI=1S/C33H34Cl2FN3O3/c1-33(16-39(17-33)30(21-5-3-2-4-6-21)22-11-23(34)13-24(35)12-22)18-42-28-15-27(36)26(14-25(28)19-7-8-19)31(37)38-29(32(40)41)20-9-10-20/h2-6,11-15,19-20,29-30H,7-10,16-18H2,1H3,(H2,37,38)(H,40,41)/t29-,30+/m0/s1. The molecule has 0 bridgehead atoms. The van der Waals surface area contributed by atoms with Crippen molar-refractivity contribution in [2.75, 3.05) is 19.7 Å². The van der Waals surface area contributed by atoms with Crippen LogP contribution in [-0.2, 0) is 4.79 Å². The number of amidine groups is 1. The summed E-state index contributed by atoms with van der Waals surface area (Å²) >= 11 is 12.7. The first kappa shape index (κ1) is 29.0. The second-order valence-corrected chi connectivity index (χ2v) is 13.2. The van der Waals surface area contributed by atoms with Crippen molar-refractivity contribution in [3.05, 3.63) is 98.8 Å². The van der Waals surface area contributed by atoms with E-state index in [0.717, 1.165) is 55.5 Å². The molecular weight excluding hydrogens is 576 g/mol. The zero-order valence-electron chi connectivity index (χ0n) is 23.4. The summed E-state index contributed by atoms with van der Waals surface area (Å²) in [6.45, 7) is 4.12. The lowest BCUT2D eigenvalue weighted by Gasteiger charge is -2.51. The molecule has 0 unspecified atom stereocenters. The predicted octanol–water partition coefficient (Wildman–Crippen LogP) is 7.28. The molecule has 0 aromatic heterocycles. The molecule has 3 aromatic rings. The molecule has 1 aliphatic heterocycles. The first-order valence-electron chi connectivity index (χ1n) is 14.4. The van der Waals surface area contributed by atoms with Crippen LogP contribution in [0.4, 0.5) is 4.39 Å². The average molecular weight is 611 g/mol. The highest BCUT2D eigenvalue weighted by Crippen LogP contribution is 2.46. The number of nitrogens with zero attached hydrogens (tertiary/aromatic N) is 1. The molecule has 2 atom stereocenters. The Bertz CT molecular complexity index is 1480. The van der Waals surface area contributed by atoms with Gasteiger partial charge in [-0.15, -0.1) is 0 Å². The van der Waals surface area contributed by atoms with Gasteiger partial charge in [-0.1, -0.05) is 60.5 Å². The minimum atomic E-state index is -1.01. The molecule has 3 N–H and O–H groups in total. The fourth-order valence-corrected chi connectivity index (χ4v) is 6.63. The third kappa shape index (κ3) is 6.29. The third-order valence-electron chi connectivity index (χ3n) is 8.47. The van der Waals surface area contributed by atoms with Gasteiger partial charge in [-0.05, 0) is 78.5 Å². The predicted molar refractivity (Wildman–Crippen MR) is 162 cm³/mol. The number of nitrogens with one attached hydrogen (secondary N) is 2. The number of benzene rings is 3. The van der Waals surface area contributed by atoms with Crippen molar-refractivity contribution in [1.29, 1.82) is 5.41 Å². The summed E-state index contributed by atoms with van der Waals surface area (Å²) in [6.07, 6.45) is 3.56. The van der Waals surface area contributed by atoms with E-state index in [1.807, 2.05) is 30.3 Å². The monoisotopic (exact) mass is 609 g/mol. The van der Waals surface area contributed by atoms with Crippen molar-refractivity contribution in [1.82, 2.24) is 10.2 Å². The fourth-order valence-electron chi connectivity index (χ4n) is 6.09. The number of hydrogen-bond donors (Lipinski definition) is 3. The smallest absolute Gasteiger partial charge is 0.326 e. The highest BCUT2D eigenvalue weighted by Gasteiger charge is 2.44. The molecule has 3 aromatic carbocycles. The molecule has 0 amide bonds. The Morgan fingerprint density at radius 1 is 1.07 bits per heavy atom. The van der Waals surface area contributed by atoms with Crippen LogP contribution in [0.15, 0.2) is 60.7 Å². The van der Waals surface area contributed by atoms with Crippen LogP contribution in [0.1, 0.15) is 66.8 Å². The number of aliphatic carboxylic acids is 1. The Balaban J connectivity index is 1.16. The molecule has 3 fully saturated rings. The van der Waals surface area contributed by atoms with Crippen LogP contribution in [0.3, 0.4) is 0 Å². The Hall–Kier alpha value is -3.13. The lowest BCUT2D eigenvalue weighted by Crippen LogP contribution is -2.58. The molecule has 2 saturated carbocycles.